The molecule has 6 nitrogen and oxygen atoms in total. The van der Waals surface area contributed by atoms with Crippen molar-refractivity contribution in [2.45, 2.75) is 26.7 Å². The maximum absolute atomic E-state index is 12.5. The summed E-state index contributed by atoms with van der Waals surface area (Å²) in [6.07, 6.45) is 5.98. The summed E-state index contributed by atoms with van der Waals surface area (Å²) in [6.45, 7) is 4.13. The van der Waals surface area contributed by atoms with E-state index >= 15 is 0 Å². The molecule has 0 unspecified atom stereocenters. The largest absolute Gasteiger partial charge is 0.497 e. The molecule has 0 fully saturated rings. The Bertz CT molecular complexity index is 1250. The van der Waals surface area contributed by atoms with E-state index in [1.807, 2.05) is 48.5 Å². The predicted octanol–water partition coefficient (Wildman–Crippen LogP) is 5.48. The van der Waals surface area contributed by atoms with Gasteiger partial charge in [-0.25, -0.2) is 9.59 Å². The van der Waals surface area contributed by atoms with Crippen molar-refractivity contribution in [3.8, 4) is 23.3 Å². The highest BCUT2D eigenvalue weighted by atomic mass is 16.5. The Morgan fingerprint density at radius 2 is 1.64 bits per heavy atom. The molecule has 1 aliphatic carbocycles. The molecule has 0 amide bonds. The molecule has 0 aromatic heterocycles. The van der Waals surface area contributed by atoms with Gasteiger partial charge in [0, 0.05) is 24.0 Å². The fourth-order valence-electron chi connectivity index (χ4n) is 3.68. The van der Waals surface area contributed by atoms with E-state index in [9.17, 15) is 9.59 Å². The third-order valence-electron chi connectivity index (χ3n) is 5.48. The number of carbonyl (C=O) groups excluding carboxylic acids is 2. The molecule has 0 saturated heterocycles. The zero-order chi connectivity index (χ0) is 25.9. The summed E-state index contributed by atoms with van der Waals surface area (Å²) in [5.74, 6) is 6.81. The number of methoxy groups -OCH3 is 2. The van der Waals surface area contributed by atoms with Gasteiger partial charge in [-0.2, -0.15) is 0 Å². The molecule has 0 heterocycles. The van der Waals surface area contributed by atoms with E-state index in [1.165, 1.54) is 0 Å². The van der Waals surface area contributed by atoms with Gasteiger partial charge in [-0.3, -0.25) is 0 Å². The van der Waals surface area contributed by atoms with Gasteiger partial charge in [-0.15, -0.1) is 0 Å². The van der Waals surface area contributed by atoms with Crippen LogP contribution in [0.4, 0.5) is 0 Å². The van der Waals surface area contributed by atoms with Gasteiger partial charge in [0.25, 0.3) is 0 Å². The first-order valence-electron chi connectivity index (χ1n) is 11.7. The predicted molar refractivity (Wildman–Crippen MR) is 140 cm³/mol. The number of carbonyl (C=O) groups is 2. The quantitative estimate of drug-likeness (QED) is 0.280. The fourth-order valence-corrected chi connectivity index (χ4v) is 3.68. The average molecular weight is 487 g/mol. The topological polar surface area (TPSA) is 71.1 Å². The first-order chi connectivity index (χ1) is 17.5. The molecule has 0 atom stereocenters. The van der Waals surface area contributed by atoms with E-state index in [2.05, 4.69) is 11.8 Å². The molecular weight excluding hydrogens is 456 g/mol. The van der Waals surface area contributed by atoms with Crippen LogP contribution in [0.1, 0.15) is 43.4 Å². The SMILES string of the molecule is CCOC(=O)C(=Cc1ccc(OC)cc1)CC#CC=C1CC(C(=O)OCC)=Cc2ccc(OC)cc21. The Balaban J connectivity index is 1.89. The second kappa shape index (κ2) is 13.0. The Morgan fingerprint density at radius 3 is 2.31 bits per heavy atom. The van der Waals surface area contributed by atoms with E-state index in [4.69, 9.17) is 18.9 Å². The highest BCUT2D eigenvalue weighted by Crippen LogP contribution is 2.35. The maximum Gasteiger partial charge on any atom is 0.334 e. The van der Waals surface area contributed by atoms with Crippen LogP contribution < -0.4 is 9.47 Å². The summed E-state index contributed by atoms with van der Waals surface area (Å²) < 4.78 is 21.0. The summed E-state index contributed by atoms with van der Waals surface area (Å²) in [6, 6.07) is 13.1. The van der Waals surface area contributed by atoms with E-state index in [-0.39, 0.29) is 19.0 Å². The number of fused-ring (bicyclic) bond motifs is 1. The van der Waals surface area contributed by atoms with E-state index in [0.29, 0.717) is 29.9 Å². The smallest absolute Gasteiger partial charge is 0.334 e. The number of benzene rings is 2. The van der Waals surface area contributed by atoms with Crippen LogP contribution in [0.2, 0.25) is 0 Å². The molecule has 0 spiro atoms. The number of allylic oxidation sites excluding steroid dienone is 2. The third-order valence-corrected chi connectivity index (χ3v) is 5.48. The highest BCUT2D eigenvalue weighted by molar-refractivity contribution is 6.00. The lowest BCUT2D eigenvalue weighted by atomic mass is 9.87. The van der Waals surface area contributed by atoms with E-state index in [1.54, 1.807) is 40.2 Å². The summed E-state index contributed by atoms with van der Waals surface area (Å²) in [4.78, 5) is 24.9. The molecule has 0 aliphatic heterocycles. The van der Waals surface area contributed by atoms with Crippen LogP contribution in [0, 0.1) is 11.8 Å². The molecule has 3 rings (SSSR count). The molecule has 0 bridgehead atoms. The summed E-state index contributed by atoms with van der Waals surface area (Å²) in [7, 11) is 3.21. The first kappa shape index (κ1) is 26.4. The second-order valence-electron chi connectivity index (χ2n) is 7.85. The van der Waals surface area contributed by atoms with Crippen LogP contribution in [0.15, 0.2) is 59.7 Å². The van der Waals surface area contributed by atoms with Gasteiger partial charge in [-0.1, -0.05) is 30.0 Å². The average Bonchev–Trinajstić information content (AvgIpc) is 2.90. The van der Waals surface area contributed by atoms with Crippen LogP contribution in [-0.4, -0.2) is 39.4 Å². The van der Waals surface area contributed by atoms with Crippen LogP contribution >= 0.6 is 0 Å². The standard InChI is InChI=1S/C30H30O6/c1-5-35-29(31)24(17-21-11-14-26(33-3)15-12-21)10-8-7-9-22-18-25(30(32)36-6-2)19-23-13-16-27(34-4)20-28(22)23/h9,11-17,19-20H,5-6,10,18H2,1-4H3. The Hall–Kier alpha value is -4.24. The molecule has 2 aromatic rings. The van der Waals surface area contributed by atoms with Crippen molar-refractivity contribution >= 4 is 29.7 Å². The highest BCUT2D eigenvalue weighted by Gasteiger charge is 2.21. The Kier molecular flexibility index (Phi) is 9.53. The minimum atomic E-state index is -0.407. The van der Waals surface area contributed by atoms with Crippen molar-refractivity contribution in [3.63, 3.8) is 0 Å². The minimum absolute atomic E-state index is 0.209. The number of esters is 2. The van der Waals surface area contributed by atoms with Crippen molar-refractivity contribution in [1.82, 2.24) is 0 Å². The molecule has 1 aliphatic rings. The van der Waals surface area contributed by atoms with Crippen LogP contribution in [0.25, 0.3) is 17.7 Å². The van der Waals surface area contributed by atoms with Gasteiger partial charge in [0.1, 0.15) is 11.5 Å². The number of hydrogen-bond donors (Lipinski definition) is 0. The molecule has 0 radical (unpaired) electrons. The van der Waals surface area contributed by atoms with Gasteiger partial charge in [-0.05, 0) is 78.6 Å². The summed E-state index contributed by atoms with van der Waals surface area (Å²) >= 11 is 0. The normalized spacial score (nSPS) is 13.6. The molecule has 0 N–H and O–H groups in total. The Labute approximate surface area is 212 Å². The van der Waals surface area contributed by atoms with Crippen LogP contribution in [0.5, 0.6) is 11.5 Å². The zero-order valence-electron chi connectivity index (χ0n) is 21.1. The van der Waals surface area contributed by atoms with Crippen molar-refractivity contribution in [1.29, 1.82) is 0 Å². The summed E-state index contributed by atoms with van der Waals surface area (Å²) in [5, 5.41) is 0. The number of ether oxygens (including phenoxy) is 4. The lowest BCUT2D eigenvalue weighted by molar-refractivity contribution is -0.139. The van der Waals surface area contributed by atoms with E-state index in [0.717, 1.165) is 28.0 Å². The molecule has 6 heteroatoms. The van der Waals surface area contributed by atoms with Crippen molar-refractivity contribution < 1.29 is 28.5 Å². The zero-order valence-corrected chi connectivity index (χ0v) is 21.1. The fraction of sp³-hybridized carbons (Fsp3) is 0.267. The van der Waals surface area contributed by atoms with Gasteiger partial charge in [0.15, 0.2) is 0 Å². The van der Waals surface area contributed by atoms with Gasteiger partial charge < -0.3 is 18.9 Å². The number of rotatable bonds is 8. The molecule has 2 aromatic carbocycles. The molecule has 36 heavy (non-hydrogen) atoms. The van der Waals surface area contributed by atoms with Gasteiger partial charge in [0.05, 0.1) is 27.4 Å². The minimum Gasteiger partial charge on any atom is -0.497 e. The summed E-state index contributed by atoms with van der Waals surface area (Å²) in [5.41, 5.74) is 4.57. The Morgan fingerprint density at radius 1 is 0.944 bits per heavy atom. The van der Waals surface area contributed by atoms with Gasteiger partial charge >= 0.3 is 11.9 Å². The van der Waals surface area contributed by atoms with Crippen LogP contribution in [0.3, 0.4) is 0 Å². The van der Waals surface area contributed by atoms with Crippen molar-refractivity contribution in [3.05, 3.63) is 76.4 Å². The van der Waals surface area contributed by atoms with Crippen molar-refractivity contribution in [2.75, 3.05) is 27.4 Å². The van der Waals surface area contributed by atoms with Gasteiger partial charge in [0.2, 0.25) is 0 Å². The maximum atomic E-state index is 12.5. The van der Waals surface area contributed by atoms with E-state index < -0.39 is 5.97 Å². The van der Waals surface area contributed by atoms with Crippen LogP contribution in [-0.2, 0) is 19.1 Å². The second-order valence-corrected chi connectivity index (χ2v) is 7.85. The molecule has 186 valence electrons. The number of hydrogen-bond acceptors (Lipinski definition) is 6. The molecule has 0 saturated carbocycles. The lowest BCUT2D eigenvalue weighted by Crippen LogP contribution is -2.11. The van der Waals surface area contributed by atoms with Crippen molar-refractivity contribution in [2.24, 2.45) is 0 Å². The molecular formula is C30H30O6. The lowest BCUT2D eigenvalue weighted by Gasteiger charge is -2.19. The monoisotopic (exact) mass is 486 g/mol. The first-order valence-corrected chi connectivity index (χ1v) is 11.7. The third kappa shape index (κ3) is 6.89.